The Balaban J connectivity index is 1.67. The van der Waals surface area contributed by atoms with Crippen LogP contribution in [0.3, 0.4) is 0 Å². The average molecular weight is 388 g/mol. The minimum absolute atomic E-state index is 0.323. The summed E-state index contributed by atoms with van der Waals surface area (Å²) in [5.74, 6) is 1.02. The first-order valence-electron chi connectivity index (χ1n) is 8.85. The van der Waals surface area contributed by atoms with E-state index in [2.05, 4.69) is 28.3 Å². The van der Waals surface area contributed by atoms with Gasteiger partial charge in [0.1, 0.15) is 11.5 Å². The molecule has 27 heavy (non-hydrogen) atoms. The van der Waals surface area contributed by atoms with Gasteiger partial charge in [0.25, 0.3) is 5.91 Å². The molecular formula is C20H25N3O3S. The van der Waals surface area contributed by atoms with Crippen LogP contribution in [0.1, 0.15) is 19.4 Å². The van der Waals surface area contributed by atoms with Gasteiger partial charge in [-0.2, -0.15) is 0 Å². The standard InChI is InChI=1S/C20H25N3O3S/c1-3-25-17-9-11-18(12-10-17)26-15(2)19(24)22-23-20(27)21-14-13-16-7-5-4-6-8-16/h4-12,15H,3,13-14H2,1-2H3,(H,22,24)(H2,21,23,27)/t15-/m1/s1. The van der Waals surface area contributed by atoms with Crippen molar-refractivity contribution in [3.05, 3.63) is 60.2 Å². The summed E-state index contributed by atoms with van der Waals surface area (Å²) >= 11 is 5.15. The predicted molar refractivity (Wildman–Crippen MR) is 110 cm³/mol. The van der Waals surface area contributed by atoms with E-state index in [9.17, 15) is 4.79 Å². The van der Waals surface area contributed by atoms with E-state index < -0.39 is 6.10 Å². The summed E-state index contributed by atoms with van der Waals surface area (Å²) in [5, 5.41) is 3.40. The Bertz CT molecular complexity index is 723. The maximum Gasteiger partial charge on any atom is 0.279 e. The molecule has 2 rings (SSSR count). The molecule has 0 aliphatic heterocycles. The van der Waals surface area contributed by atoms with Crippen LogP contribution in [-0.4, -0.2) is 30.3 Å². The predicted octanol–water partition coefficient (Wildman–Crippen LogP) is 2.59. The second kappa shape index (κ2) is 11.0. The highest BCUT2D eigenvalue weighted by Crippen LogP contribution is 2.18. The summed E-state index contributed by atoms with van der Waals surface area (Å²) < 4.78 is 11.0. The highest BCUT2D eigenvalue weighted by Gasteiger charge is 2.14. The zero-order chi connectivity index (χ0) is 19.5. The fourth-order valence-electron chi connectivity index (χ4n) is 2.27. The van der Waals surface area contributed by atoms with Crippen molar-refractivity contribution in [2.45, 2.75) is 26.4 Å². The van der Waals surface area contributed by atoms with E-state index in [4.69, 9.17) is 21.7 Å². The molecule has 0 radical (unpaired) electrons. The van der Waals surface area contributed by atoms with Gasteiger partial charge < -0.3 is 14.8 Å². The highest BCUT2D eigenvalue weighted by molar-refractivity contribution is 7.80. The molecule has 0 aliphatic carbocycles. The topological polar surface area (TPSA) is 71.6 Å². The monoisotopic (exact) mass is 387 g/mol. The number of hydrogen-bond donors (Lipinski definition) is 3. The Morgan fingerprint density at radius 3 is 2.37 bits per heavy atom. The van der Waals surface area contributed by atoms with E-state index >= 15 is 0 Å². The second-order valence-corrected chi connectivity index (χ2v) is 6.18. The molecule has 0 aliphatic rings. The lowest BCUT2D eigenvalue weighted by Gasteiger charge is -2.16. The Morgan fingerprint density at radius 1 is 1.04 bits per heavy atom. The summed E-state index contributed by atoms with van der Waals surface area (Å²) in [6, 6.07) is 17.2. The molecule has 0 fully saturated rings. The fraction of sp³-hybridized carbons (Fsp3) is 0.300. The lowest BCUT2D eigenvalue weighted by Crippen LogP contribution is -2.50. The molecule has 2 aromatic carbocycles. The summed E-state index contributed by atoms with van der Waals surface area (Å²) in [7, 11) is 0. The van der Waals surface area contributed by atoms with Crippen molar-refractivity contribution in [1.29, 1.82) is 0 Å². The number of benzene rings is 2. The molecule has 3 N–H and O–H groups in total. The number of ether oxygens (including phenoxy) is 2. The molecule has 7 heteroatoms. The van der Waals surface area contributed by atoms with Gasteiger partial charge in [0, 0.05) is 6.54 Å². The van der Waals surface area contributed by atoms with Crippen molar-refractivity contribution in [3.8, 4) is 11.5 Å². The Kier molecular flexibility index (Phi) is 8.38. The number of amides is 1. The van der Waals surface area contributed by atoms with Crippen LogP contribution in [-0.2, 0) is 11.2 Å². The quantitative estimate of drug-likeness (QED) is 0.478. The summed E-state index contributed by atoms with van der Waals surface area (Å²) in [4.78, 5) is 12.1. The SMILES string of the molecule is CCOc1ccc(O[C@H](C)C(=O)NNC(=S)NCCc2ccccc2)cc1. The maximum atomic E-state index is 12.1. The van der Waals surface area contributed by atoms with Crippen molar-refractivity contribution >= 4 is 23.2 Å². The molecule has 0 bridgehead atoms. The van der Waals surface area contributed by atoms with E-state index in [-0.39, 0.29) is 5.91 Å². The van der Waals surface area contributed by atoms with E-state index in [0.29, 0.717) is 24.0 Å². The Labute approximate surface area is 165 Å². The van der Waals surface area contributed by atoms with Crippen molar-refractivity contribution in [2.24, 2.45) is 0 Å². The lowest BCUT2D eigenvalue weighted by molar-refractivity contribution is -0.127. The summed E-state index contributed by atoms with van der Waals surface area (Å²) in [6.45, 7) is 4.86. The zero-order valence-corrected chi connectivity index (χ0v) is 16.3. The first kappa shape index (κ1) is 20.5. The number of thiocarbonyl (C=S) groups is 1. The van der Waals surface area contributed by atoms with Crippen LogP contribution >= 0.6 is 12.2 Å². The smallest absolute Gasteiger partial charge is 0.279 e. The first-order chi connectivity index (χ1) is 13.1. The molecule has 0 saturated heterocycles. The molecule has 144 valence electrons. The van der Waals surface area contributed by atoms with Gasteiger partial charge in [-0.1, -0.05) is 30.3 Å². The minimum Gasteiger partial charge on any atom is -0.494 e. The molecule has 2 aromatic rings. The largest absolute Gasteiger partial charge is 0.494 e. The van der Waals surface area contributed by atoms with Crippen molar-refractivity contribution in [3.63, 3.8) is 0 Å². The van der Waals surface area contributed by atoms with E-state index in [0.717, 1.165) is 12.2 Å². The Hall–Kier alpha value is -2.80. The minimum atomic E-state index is -0.678. The van der Waals surface area contributed by atoms with Crippen molar-refractivity contribution < 1.29 is 14.3 Å². The zero-order valence-electron chi connectivity index (χ0n) is 15.5. The van der Waals surface area contributed by atoms with Gasteiger partial charge in [0.2, 0.25) is 0 Å². The van der Waals surface area contributed by atoms with E-state index in [1.54, 1.807) is 31.2 Å². The molecule has 0 heterocycles. The normalized spacial score (nSPS) is 11.2. The van der Waals surface area contributed by atoms with E-state index in [1.807, 2.05) is 25.1 Å². The van der Waals surface area contributed by atoms with Gasteiger partial charge in [0.15, 0.2) is 11.2 Å². The number of rotatable bonds is 8. The molecule has 1 amide bonds. The highest BCUT2D eigenvalue weighted by atomic mass is 32.1. The first-order valence-corrected chi connectivity index (χ1v) is 9.26. The van der Waals surface area contributed by atoms with Crippen LogP contribution in [0, 0.1) is 0 Å². The van der Waals surface area contributed by atoms with E-state index in [1.165, 1.54) is 5.56 Å². The third-order valence-electron chi connectivity index (χ3n) is 3.66. The van der Waals surface area contributed by atoms with Crippen LogP contribution in [0.5, 0.6) is 11.5 Å². The van der Waals surface area contributed by atoms with Gasteiger partial charge in [-0.15, -0.1) is 0 Å². The second-order valence-electron chi connectivity index (χ2n) is 5.77. The van der Waals surface area contributed by atoms with Crippen molar-refractivity contribution in [1.82, 2.24) is 16.2 Å². The third kappa shape index (κ3) is 7.53. The number of carbonyl (C=O) groups excluding carboxylic acids is 1. The van der Waals surface area contributed by atoms with Crippen LogP contribution < -0.4 is 25.6 Å². The number of carbonyl (C=O) groups is 1. The number of nitrogens with one attached hydrogen (secondary N) is 3. The van der Waals surface area contributed by atoms with Gasteiger partial charge in [-0.3, -0.25) is 15.6 Å². The summed E-state index contributed by atoms with van der Waals surface area (Å²) in [5.41, 5.74) is 6.44. The van der Waals surface area contributed by atoms with Gasteiger partial charge in [-0.05, 0) is 62.3 Å². The molecule has 1 atom stereocenters. The van der Waals surface area contributed by atoms with Crippen LogP contribution in [0.25, 0.3) is 0 Å². The van der Waals surface area contributed by atoms with Gasteiger partial charge in [-0.25, -0.2) is 0 Å². The Morgan fingerprint density at radius 2 is 1.70 bits per heavy atom. The third-order valence-corrected chi connectivity index (χ3v) is 3.90. The van der Waals surface area contributed by atoms with Crippen LogP contribution in [0.2, 0.25) is 0 Å². The van der Waals surface area contributed by atoms with Crippen LogP contribution in [0.15, 0.2) is 54.6 Å². The van der Waals surface area contributed by atoms with Crippen molar-refractivity contribution in [2.75, 3.05) is 13.2 Å². The molecule has 6 nitrogen and oxygen atoms in total. The lowest BCUT2D eigenvalue weighted by atomic mass is 10.1. The molecular weight excluding hydrogens is 362 g/mol. The fourth-order valence-corrected chi connectivity index (χ4v) is 2.42. The molecule has 0 aromatic heterocycles. The van der Waals surface area contributed by atoms with Crippen LogP contribution in [0.4, 0.5) is 0 Å². The maximum absolute atomic E-state index is 12.1. The summed E-state index contributed by atoms with van der Waals surface area (Å²) in [6.07, 6.45) is 0.163. The van der Waals surface area contributed by atoms with Gasteiger partial charge in [0.05, 0.1) is 6.61 Å². The number of hydrogen-bond acceptors (Lipinski definition) is 4. The molecule has 0 saturated carbocycles. The molecule has 0 unspecified atom stereocenters. The van der Waals surface area contributed by atoms with Gasteiger partial charge >= 0.3 is 0 Å². The number of hydrazine groups is 1. The molecule has 0 spiro atoms. The average Bonchev–Trinajstić information content (AvgIpc) is 2.68.